The van der Waals surface area contributed by atoms with Crippen LogP contribution in [0.25, 0.3) is 6.08 Å². The summed E-state index contributed by atoms with van der Waals surface area (Å²) in [6, 6.07) is 12.6. The summed E-state index contributed by atoms with van der Waals surface area (Å²) in [6.45, 7) is 2.34. The number of hydrogen-bond acceptors (Lipinski definition) is 4. The summed E-state index contributed by atoms with van der Waals surface area (Å²) < 4.78 is 11.6. The van der Waals surface area contributed by atoms with E-state index in [1.165, 1.54) is 0 Å². The van der Waals surface area contributed by atoms with Gasteiger partial charge in [0.15, 0.2) is 5.76 Å². The maximum atomic E-state index is 12.5. The van der Waals surface area contributed by atoms with Gasteiger partial charge in [0.25, 0.3) is 0 Å². The second-order valence-electron chi connectivity index (χ2n) is 6.10. The van der Waals surface area contributed by atoms with Gasteiger partial charge in [-0.15, -0.1) is 11.3 Å². The standard InChI is InChI=1S/C21H14Cl2O3S/c1-12-6-7-27-20(12)10-19-21(24)15-4-3-14(9-18(15)26-19)25-11-13-2-5-16(22)17(23)8-13/h2-10H,11H2,1H3. The number of hydrogen-bond donors (Lipinski definition) is 0. The van der Waals surface area contributed by atoms with Gasteiger partial charge in [-0.3, -0.25) is 4.79 Å². The Morgan fingerprint density at radius 2 is 1.96 bits per heavy atom. The lowest BCUT2D eigenvalue weighted by Gasteiger charge is -2.08. The number of carbonyl (C=O) groups is 1. The zero-order valence-corrected chi connectivity index (χ0v) is 16.6. The van der Waals surface area contributed by atoms with Gasteiger partial charge < -0.3 is 9.47 Å². The first kappa shape index (κ1) is 18.1. The average molecular weight is 417 g/mol. The van der Waals surface area contributed by atoms with E-state index in [9.17, 15) is 4.79 Å². The number of carbonyl (C=O) groups excluding carboxylic acids is 1. The van der Waals surface area contributed by atoms with Crippen molar-refractivity contribution in [3.63, 3.8) is 0 Å². The highest BCUT2D eigenvalue weighted by atomic mass is 35.5. The minimum Gasteiger partial charge on any atom is -0.489 e. The van der Waals surface area contributed by atoms with E-state index in [0.717, 1.165) is 16.0 Å². The summed E-state index contributed by atoms with van der Waals surface area (Å²) in [5.41, 5.74) is 2.55. The van der Waals surface area contributed by atoms with Crippen LogP contribution in [-0.2, 0) is 6.61 Å². The van der Waals surface area contributed by atoms with Gasteiger partial charge in [-0.05, 0) is 53.8 Å². The molecule has 3 aromatic rings. The van der Waals surface area contributed by atoms with Crippen molar-refractivity contribution >= 4 is 46.4 Å². The minimum absolute atomic E-state index is 0.117. The zero-order chi connectivity index (χ0) is 19.0. The molecule has 0 N–H and O–H groups in total. The Kier molecular flexibility index (Phi) is 4.96. The molecule has 4 rings (SSSR count). The van der Waals surface area contributed by atoms with Crippen LogP contribution in [-0.4, -0.2) is 5.78 Å². The van der Waals surface area contributed by atoms with Gasteiger partial charge in [0.2, 0.25) is 5.78 Å². The summed E-state index contributed by atoms with van der Waals surface area (Å²) >= 11 is 13.5. The number of rotatable bonds is 4. The number of ether oxygens (including phenoxy) is 2. The molecule has 1 aromatic heterocycles. The second kappa shape index (κ2) is 7.39. The molecule has 1 aliphatic rings. The molecule has 2 aromatic carbocycles. The molecule has 27 heavy (non-hydrogen) atoms. The Hall–Kier alpha value is -2.27. The summed E-state index contributed by atoms with van der Waals surface area (Å²) in [7, 11) is 0. The van der Waals surface area contributed by atoms with Crippen LogP contribution in [0, 0.1) is 6.92 Å². The Bertz CT molecular complexity index is 1070. The lowest BCUT2D eigenvalue weighted by Crippen LogP contribution is -1.97. The summed E-state index contributed by atoms with van der Waals surface area (Å²) in [6.07, 6.45) is 1.79. The third kappa shape index (κ3) is 3.74. The smallest absolute Gasteiger partial charge is 0.232 e. The maximum Gasteiger partial charge on any atom is 0.232 e. The van der Waals surface area contributed by atoms with Crippen molar-refractivity contribution in [2.45, 2.75) is 13.5 Å². The van der Waals surface area contributed by atoms with Gasteiger partial charge in [-0.2, -0.15) is 0 Å². The molecule has 1 aliphatic heterocycles. The van der Waals surface area contributed by atoms with Crippen molar-refractivity contribution in [2.24, 2.45) is 0 Å². The average Bonchev–Trinajstić information content (AvgIpc) is 3.19. The van der Waals surface area contributed by atoms with Crippen LogP contribution >= 0.6 is 34.5 Å². The number of aryl methyl sites for hydroxylation is 1. The molecule has 0 unspecified atom stereocenters. The molecule has 0 radical (unpaired) electrons. The molecule has 0 spiro atoms. The minimum atomic E-state index is -0.117. The van der Waals surface area contributed by atoms with E-state index in [4.69, 9.17) is 32.7 Å². The Morgan fingerprint density at radius 3 is 2.70 bits per heavy atom. The number of benzene rings is 2. The SMILES string of the molecule is Cc1ccsc1C=C1Oc2cc(OCc3ccc(Cl)c(Cl)c3)ccc2C1=O. The van der Waals surface area contributed by atoms with Crippen molar-refractivity contribution < 1.29 is 14.3 Å². The molecule has 0 saturated heterocycles. The highest BCUT2D eigenvalue weighted by Gasteiger charge is 2.28. The van der Waals surface area contributed by atoms with Crippen LogP contribution in [0.3, 0.4) is 0 Å². The van der Waals surface area contributed by atoms with Crippen LogP contribution in [0.1, 0.15) is 26.4 Å². The summed E-state index contributed by atoms with van der Waals surface area (Å²) in [4.78, 5) is 13.6. The van der Waals surface area contributed by atoms with Crippen LogP contribution in [0.2, 0.25) is 10.0 Å². The quantitative estimate of drug-likeness (QED) is 0.451. The van der Waals surface area contributed by atoms with Crippen molar-refractivity contribution in [3.05, 3.63) is 85.2 Å². The van der Waals surface area contributed by atoms with Crippen molar-refractivity contribution in [2.75, 3.05) is 0 Å². The van der Waals surface area contributed by atoms with Gasteiger partial charge >= 0.3 is 0 Å². The molecular weight excluding hydrogens is 403 g/mol. The van der Waals surface area contributed by atoms with Gasteiger partial charge in [-0.25, -0.2) is 0 Å². The fraction of sp³-hybridized carbons (Fsp3) is 0.0952. The van der Waals surface area contributed by atoms with Crippen molar-refractivity contribution in [1.29, 1.82) is 0 Å². The van der Waals surface area contributed by atoms with Crippen LogP contribution in [0.4, 0.5) is 0 Å². The van der Waals surface area contributed by atoms with Gasteiger partial charge in [0.05, 0.1) is 15.6 Å². The second-order valence-corrected chi connectivity index (χ2v) is 7.86. The van der Waals surface area contributed by atoms with E-state index in [1.807, 2.05) is 24.4 Å². The zero-order valence-electron chi connectivity index (χ0n) is 14.3. The van der Waals surface area contributed by atoms with Crippen LogP contribution in [0.5, 0.6) is 11.5 Å². The lowest BCUT2D eigenvalue weighted by atomic mass is 10.1. The first-order chi connectivity index (χ1) is 13.0. The highest BCUT2D eigenvalue weighted by Crippen LogP contribution is 2.36. The summed E-state index contributed by atoms with van der Waals surface area (Å²) in [5.74, 6) is 1.33. The molecule has 2 heterocycles. The predicted molar refractivity (Wildman–Crippen MR) is 109 cm³/mol. The van der Waals surface area contributed by atoms with E-state index < -0.39 is 0 Å². The fourth-order valence-corrected chi connectivity index (χ4v) is 3.87. The Morgan fingerprint density at radius 1 is 1.11 bits per heavy atom. The van der Waals surface area contributed by atoms with E-state index in [0.29, 0.717) is 39.5 Å². The van der Waals surface area contributed by atoms with Crippen molar-refractivity contribution in [3.8, 4) is 11.5 Å². The van der Waals surface area contributed by atoms with Gasteiger partial charge in [-0.1, -0.05) is 29.3 Å². The number of allylic oxidation sites excluding steroid dienone is 1. The molecule has 0 saturated carbocycles. The Labute approximate surface area is 170 Å². The van der Waals surface area contributed by atoms with Gasteiger partial charge in [0.1, 0.15) is 18.1 Å². The fourth-order valence-electron chi connectivity index (χ4n) is 2.70. The molecule has 136 valence electrons. The van der Waals surface area contributed by atoms with Crippen molar-refractivity contribution in [1.82, 2.24) is 0 Å². The summed E-state index contributed by atoms with van der Waals surface area (Å²) in [5, 5.41) is 2.98. The first-order valence-corrected chi connectivity index (χ1v) is 9.84. The number of Topliss-reactive ketones (excluding diaryl/α,β-unsaturated/α-hetero) is 1. The molecule has 0 aliphatic carbocycles. The number of halogens is 2. The number of ketones is 1. The highest BCUT2D eigenvalue weighted by molar-refractivity contribution is 7.11. The first-order valence-electron chi connectivity index (χ1n) is 8.20. The topological polar surface area (TPSA) is 35.5 Å². The monoisotopic (exact) mass is 416 g/mol. The normalized spacial score (nSPS) is 14.3. The molecule has 6 heteroatoms. The molecule has 0 atom stereocenters. The van der Waals surface area contributed by atoms with Crippen LogP contribution in [0.15, 0.2) is 53.6 Å². The number of fused-ring (bicyclic) bond motifs is 1. The van der Waals surface area contributed by atoms with E-state index in [-0.39, 0.29) is 5.78 Å². The maximum absolute atomic E-state index is 12.5. The molecule has 3 nitrogen and oxygen atoms in total. The Balaban J connectivity index is 1.51. The van der Waals surface area contributed by atoms with Crippen LogP contribution < -0.4 is 9.47 Å². The third-order valence-electron chi connectivity index (χ3n) is 4.19. The molecule has 0 amide bonds. The molecule has 0 fully saturated rings. The molecular formula is C21H14Cl2O3S. The van der Waals surface area contributed by atoms with Gasteiger partial charge in [0, 0.05) is 17.0 Å². The third-order valence-corrected chi connectivity index (χ3v) is 5.90. The predicted octanol–water partition coefficient (Wildman–Crippen LogP) is 6.56. The van der Waals surface area contributed by atoms with E-state index in [2.05, 4.69) is 0 Å². The largest absolute Gasteiger partial charge is 0.489 e. The van der Waals surface area contributed by atoms with E-state index in [1.54, 1.807) is 47.7 Å². The van der Waals surface area contributed by atoms with E-state index >= 15 is 0 Å². The lowest BCUT2D eigenvalue weighted by molar-refractivity contribution is 0.101. The number of thiophene rings is 1. The molecule has 0 bridgehead atoms.